The van der Waals surface area contributed by atoms with E-state index in [4.69, 9.17) is 4.42 Å². The molecule has 0 bridgehead atoms. The van der Waals surface area contributed by atoms with E-state index in [9.17, 15) is 0 Å². The van der Waals surface area contributed by atoms with Crippen molar-refractivity contribution in [3.05, 3.63) is 145 Å². The molecular weight excluding hydrogens is 536 g/mol. The Morgan fingerprint density at radius 3 is 1.52 bits per heavy atom. The van der Waals surface area contributed by atoms with Crippen molar-refractivity contribution in [3.63, 3.8) is 0 Å². The van der Waals surface area contributed by atoms with Crippen molar-refractivity contribution in [1.29, 1.82) is 0 Å². The lowest BCUT2D eigenvalue weighted by molar-refractivity contribution is 0.669. The second kappa shape index (κ2) is 8.62. The molecule has 10 aromatic rings. The first-order valence-electron chi connectivity index (χ1n) is 15.1. The number of benzene rings is 7. The lowest BCUT2D eigenvalue weighted by atomic mass is 9.99. The summed E-state index contributed by atoms with van der Waals surface area (Å²) in [6, 6.07) is 50.4. The molecule has 0 aliphatic carbocycles. The van der Waals surface area contributed by atoms with E-state index in [2.05, 4.69) is 143 Å². The first-order chi connectivity index (χ1) is 21.8. The summed E-state index contributed by atoms with van der Waals surface area (Å²) >= 11 is 0. The Kier molecular flexibility index (Phi) is 4.65. The number of aryl methyl sites for hydroxylation is 1. The Morgan fingerprint density at radius 1 is 0.409 bits per heavy atom. The largest absolute Gasteiger partial charge is 0.456 e. The smallest absolute Gasteiger partial charge is 0.135 e. The zero-order valence-corrected chi connectivity index (χ0v) is 24.1. The van der Waals surface area contributed by atoms with Gasteiger partial charge in [-0.3, -0.25) is 0 Å². The summed E-state index contributed by atoms with van der Waals surface area (Å²) in [6.45, 7) is 2.15. The maximum Gasteiger partial charge on any atom is 0.135 e. The molecule has 7 aromatic carbocycles. The molecule has 206 valence electrons. The highest BCUT2D eigenvalue weighted by atomic mass is 16.3. The van der Waals surface area contributed by atoms with Gasteiger partial charge in [0.25, 0.3) is 0 Å². The molecule has 0 saturated heterocycles. The van der Waals surface area contributed by atoms with E-state index in [0.29, 0.717) is 0 Å². The van der Waals surface area contributed by atoms with Gasteiger partial charge in [0.15, 0.2) is 0 Å². The van der Waals surface area contributed by atoms with Gasteiger partial charge in [0, 0.05) is 54.5 Å². The average Bonchev–Trinajstić information content (AvgIpc) is 3.73. The van der Waals surface area contributed by atoms with Crippen molar-refractivity contribution in [2.45, 2.75) is 6.92 Å². The first kappa shape index (κ1) is 23.7. The summed E-state index contributed by atoms with van der Waals surface area (Å²) in [5.74, 6) is 0. The summed E-state index contributed by atoms with van der Waals surface area (Å²) in [5.41, 5.74) is 10.3. The highest BCUT2D eigenvalue weighted by molar-refractivity contribution is 6.37. The monoisotopic (exact) mass is 562 g/mol. The highest BCUT2D eigenvalue weighted by Crippen LogP contribution is 2.47. The second-order valence-electron chi connectivity index (χ2n) is 11.8. The Bertz CT molecular complexity index is 2770. The van der Waals surface area contributed by atoms with Gasteiger partial charge < -0.3 is 13.6 Å². The van der Waals surface area contributed by atoms with Crippen LogP contribution in [0.3, 0.4) is 0 Å². The first-order valence-corrected chi connectivity index (χ1v) is 15.1. The number of nitrogens with zero attached hydrogens (tertiary/aromatic N) is 2. The Hall–Kier alpha value is -5.80. The van der Waals surface area contributed by atoms with Crippen LogP contribution in [0.15, 0.2) is 144 Å². The van der Waals surface area contributed by atoms with Crippen LogP contribution < -0.4 is 0 Å². The summed E-state index contributed by atoms with van der Waals surface area (Å²) < 4.78 is 11.1. The summed E-state index contributed by atoms with van der Waals surface area (Å²) in [5, 5.41) is 9.84. The molecule has 0 N–H and O–H groups in total. The minimum absolute atomic E-state index is 0.907. The molecule has 0 spiro atoms. The third kappa shape index (κ3) is 3.05. The van der Waals surface area contributed by atoms with Crippen molar-refractivity contribution in [2.24, 2.45) is 0 Å². The maximum absolute atomic E-state index is 6.22. The van der Waals surface area contributed by atoms with Gasteiger partial charge in [-0.1, -0.05) is 96.6 Å². The van der Waals surface area contributed by atoms with Gasteiger partial charge in [0.1, 0.15) is 11.2 Å². The lowest BCUT2D eigenvalue weighted by Crippen LogP contribution is -1.96. The molecule has 0 saturated carbocycles. The third-order valence-electron chi connectivity index (χ3n) is 9.35. The summed E-state index contributed by atoms with van der Waals surface area (Å²) in [4.78, 5) is 0. The fourth-order valence-corrected chi connectivity index (χ4v) is 7.48. The van der Waals surface area contributed by atoms with E-state index in [0.717, 1.165) is 27.6 Å². The molecule has 10 rings (SSSR count). The van der Waals surface area contributed by atoms with Gasteiger partial charge >= 0.3 is 0 Å². The van der Waals surface area contributed by atoms with Crippen LogP contribution in [-0.2, 0) is 0 Å². The summed E-state index contributed by atoms with van der Waals surface area (Å²) in [6.07, 6.45) is 0. The number of fused-ring (bicyclic) bond motifs is 13. The minimum atomic E-state index is 0.907. The van der Waals surface area contributed by atoms with Crippen LogP contribution in [0.2, 0.25) is 0 Å². The average molecular weight is 563 g/mol. The van der Waals surface area contributed by atoms with Crippen LogP contribution in [0.1, 0.15) is 5.56 Å². The molecule has 0 atom stereocenters. The van der Waals surface area contributed by atoms with E-state index in [-0.39, 0.29) is 0 Å². The predicted molar refractivity (Wildman–Crippen MR) is 185 cm³/mol. The van der Waals surface area contributed by atoms with Crippen molar-refractivity contribution < 1.29 is 4.42 Å². The third-order valence-corrected chi connectivity index (χ3v) is 9.35. The van der Waals surface area contributed by atoms with Crippen molar-refractivity contribution in [3.8, 4) is 11.4 Å². The molecule has 0 fully saturated rings. The molecule has 0 aliphatic rings. The Morgan fingerprint density at radius 2 is 0.886 bits per heavy atom. The van der Waals surface area contributed by atoms with Gasteiger partial charge in [-0.25, -0.2) is 0 Å². The van der Waals surface area contributed by atoms with Gasteiger partial charge in [-0.15, -0.1) is 0 Å². The van der Waals surface area contributed by atoms with E-state index in [1.807, 2.05) is 12.1 Å². The van der Waals surface area contributed by atoms with Crippen LogP contribution in [0.5, 0.6) is 0 Å². The zero-order valence-electron chi connectivity index (χ0n) is 24.1. The number of hydrogen-bond donors (Lipinski definition) is 0. The topological polar surface area (TPSA) is 23.0 Å². The quantitative estimate of drug-likeness (QED) is 0.205. The van der Waals surface area contributed by atoms with Crippen molar-refractivity contribution >= 4 is 76.3 Å². The van der Waals surface area contributed by atoms with Gasteiger partial charge in [-0.2, -0.15) is 0 Å². The molecule has 44 heavy (non-hydrogen) atoms. The lowest BCUT2D eigenvalue weighted by Gasteiger charge is -2.13. The molecule has 3 heteroatoms. The van der Waals surface area contributed by atoms with Crippen LogP contribution >= 0.6 is 0 Å². The number of aromatic nitrogens is 2. The fraction of sp³-hybridized carbons (Fsp3) is 0.0244. The molecule has 0 amide bonds. The van der Waals surface area contributed by atoms with Crippen LogP contribution in [0.4, 0.5) is 0 Å². The van der Waals surface area contributed by atoms with Crippen molar-refractivity contribution in [2.75, 3.05) is 0 Å². The zero-order chi connectivity index (χ0) is 28.9. The SMILES string of the molecule is Cc1ccc(-n2c3ccccc3c3c4c5ccccc5n(-c5ccc6oc7ccccc7c6c5)c4c4ccccc4c32)cc1. The maximum atomic E-state index is 6.22. The van der Waals surface area contributed by atoms with E-state index < -0.39 is 0 Å². The van der Waals surface area contributed by atoms with E-state index >= 15 is 0 Å². The molecule has 3 aromatic heterocycles. The van der Waals surface area contributed by atoms with Gasteiger partial charge in [-0.05, 0) is 55.5 Å². The second-order valence-corrected chi connectivity index (χ2v) is 11.8. The molecule has 3 nitrogen and oxygen atoms in total. The fourth-order valence-electron chi connectivity index (χ4n) is 7.48. The molecule has 3 heterocycles. The van der Waals surface area contributed by atoms with Gasteiger partial charge in [0.05, 0.1) is 22.1 Å². The molecular formula is C41H26N2O. The molecule has 0 aliphatic heterocycles. The normalized spacial score (nSPS) is 12.2. The Labute approximate surface area is 252 Å². The van der Waals surface area contributed by atoms with Gasteiger partial charge in [0.2, 0.25) is 0 Å². The van der Waals surface area contributed by atoms with Crippen LogP contribution in [0, 0.1) is 6.92 Å². The number of rotatable bonds is 2. The Balaban J connectivity index is 1.45. The molecule has 0 radical (unpaired) electrons. The minimum Gasteiger partial charge on any atom is -0.456 e. The highest BCUT2D eigenvalue weighted by Gasteiger charge is 2.24. The standard InChI is InChI=1S/C41H26N2O/c1-25-18-20-26(21-19-25)42-34-15-7-4-13-31(34)38-39-32-14-5-8-16-35(32)43(41(39)30-12-3-2-11-29(30)40(38)42)27-22-23-37-33(24-27)28-10-6-9-17-36(28)44-37/h2-24H,1H3. The number of furan rings is 1. The number of para-hydroxylation sites is 3. The van der Waals surface area contributed by atoms with E-state index in [1.54, 1.807) is 0 Å². The van der Waals surface area contributed by atoms with Crippen LogP contribution in [-0.4, -0.2) is 9.13 Å². The number of hydrogen-bond acceptors (Lipinski definition) is 1. The van der Waals surface area contributed by atoms with Crippen LogP contribution in [0.25, 0.3) is 87.7 Å². The van der Waals surface area contributed by atoms with E-state index in [1.165, 1.54) is 65.6 Å². The molecule has 0 unspecified atom stereocenters. The summed E-state index contributed by atoms with van der Waals surface area (Å²) in [7, 11) is 0. The van der Waals surface area contributed by atoms with Crippen molar-refractivity contribution in [1.82, 2.24) is 9.13 Å². The predicted octanol–water partition coefficient (Wildman–Crippen LogP) is 11.2.